The molecule has 0 unspecified atom stereocenters. The minimum atomic E-state index is -1.42. The molecule has 0 bridgehead atoms. The average Bonchev–Trinajstić information content (AvgIpc) is 3.18. The molecule has 9 nitrogen and oxygen atoms in total. The van der Waals surface area contributed by atoms with Crippen LogP contribution in [0.1, 0.15) is 26.2 Å². The van der Waals surface area contributed by atoms with Gasteiger partial charge in [-0.3, -0.25) is 9.59 Å². The molecule has 4 N–H and O–H groups in total. The third kappa shape index (κ3) is 5.67. The second-order valence-electron chi connectivity index (χ2n) is 4.67. The Morgan fingerprint density at radius 3 is 2.43 bits per heavy atom. The van der Waals surface area contributed by atoms with Crippen LogP contribution in [0.4, 0.5) is 4.79 Å². The number of carboxylic acids is 1. The summed E-state index contributed by atoms with van der Waals surface area (Å²) in [6.45, 7) is 1.58. The molecule has 0 aliphatic heterocycles. The number of ether oxygens (including phenoxy) is 1. The Balaban J connectivity index is 2.65. The number of amides is 3. The Kier molecular flexibility index (Phi) is 5.94. The number of nitrogens with two attached hydrogens (primary N) is 1. The average molecular weight is 301 g/mol. The van der Waals surface area contributed by atoms with Crippen molar-refractivity contribution in [2.45, 2.75) is 38.3 Å². The number of carbonyl (C=O) groups excluding carboxylic acids is 3. The van der Waals surface area contributed by atoms with E-state index in [9.17, 15) is 19.2 Å². The van der Waals surface area contributed by atoms with Crippen molar-refractivity contribution in [2.75, 3.05) is 13.2 Å². The predicted octanol–water partition coefficient (Wildman–Crippen LogP) is -0.948. The fourth-order valence-electron chi connectivity index (χ4n) is 1.73. The molecule has 21 heavy (non-hydrogen) atoms. The molecule has 0 aromatic rings. The number of hydrogen-bond acceptors (Lipinski definition) is 5. The lowest BCUT2D eigenvalue weighted by Crippen LogP contribution is -2.51. The number of rotatable bonds is 8. The zero-order chi connectivity index (χ0) is 16.0. The van der Waals surface area contributed by atoms with E-state index in [0.29, 0.717) is 0 Å². The zero-order valence-corrected chi connectivity index (χ0v) is 11.7. The Labute approximate surface area is 121 Å². The molecular formula is C12H19N3O6. The number of aliphatic carboxylic acids is 1. The number of urea groups is 1. The molecule has 1 saturated carbocycles. The van der Waals surface area contributed by atoms with Crippen molar-refractivity contribution < 1.29 is 29.0 Å². The van der Waals surface area contributed by atoms with Crippen LogP contribution in [-0.2, 0) is 19.1 Å². The smallest absolute Gasteiger partial charge is 0.326 e. The standard InChI is InChI=1S/C12H19N3O6/c1-2-21-10(17)6-15(7-3-4-7)12(20)14-8(11(18)19)5-9(13)16/h7-8H,2-6H2,1H3,(H2,13,16)(H,14,20)(H,18,19)/t8-/m1/s1. The van der Waals surface area contributed by atoms with E-state index >= 15 is 0 Å². The van der Waals surface area contributed by atoms with Crippen molar-refractivity contribution in [2.24, 2.45) is 5.73 Å². The highest BCUT2D eigenvalue weighted by Gasteiger charge is 2.36. The number of primary amides is 1. The lowest BCUT2D eigenvalue weighted by atomic mass is 10.2. The molecule has 0 saturated heterocycles. The van der Waals surface area contributed by atoms with Crippen molar-refractivity contribution in [3.63, 3.8) is 0 Å². The van der Waals surface area contributed by atoms with E-state index < -0.39 is 36.3 Å². The lowest BCUT2D eigenvalue weighted by Gasteiger charge is -2.23. The number of carbonyl (C=O) groups is 4. The summed E-state index contributed by atoms with van der Waals surface area (Å²) in [6, 6.07) is -2.25. The molecule has 0 aromatic carbocycles. The highest BCUT2D eigenvalue weighted by Crippen LogP contribution is 2.26. The zero-order valence-electron chi connectivity index (χ0n) is 11.7. The molecule has 0 spiro atoms. The van der Waals surface area contributed by atoms with Gasteiger partial charge in [0.15, 0.2) is 0 Å². The Bertz CT molecular complexity index is 435. The summed E-state index contributed by atoms with van der Waals surface area (Å²) in [6.07, 6.45) is 0.958. The van der Waals surface area contributed by atoms with Crippen LogP contribution >= 0.6 is 0 Å². The fourth-order valence-corrected chi connectivity index (χ4v) is 1.73. The maximum absolute atomic E-state index is 12.1. The van der Waals surface area contributed by atoms with Crippen LogP contribution in [0.15, 0.2) is 0 Å². The number of hydrogen-bond donors (Lipinski definition) is 3. The first-order valence-corrected chi connectivity index (χ1v) is 6.59. The van der Waals surface area contributed by atoms with Crippen LogP contribution < -0.4 is 11.1 Å². The molecule has 0 heterocycles. The van der Waals surface area contributed by atoms with E-state index in [4.69, 9.17) is 15.6 Å². The molecule has 3 amide bonds. The predicted molar refractivity (Wildman–Crippen MR) is 70.1 cm³/mol. The highest BCUT2D eigenvalue weighted by atomic mass is 16.5. The lowest BCUT2D eigenvalue weighted by molar-refractivity contribution is -0.143. The second-order valence-corrected chi connectivity index (χ2v) is 4.67. The van der Waals surface area contributed by atoms with E-state index in [1.807, 2.05) is 0 Å². The van der Waals surface area contributed by atoms with Crippen LogP contribution in [0.25, 0.3) is 0 Å². The van der Waals surface area contributed by atoms with Crippen molar-refractivity contribution in [3.05, 3.63) is 0 Å². The van der Waals surface area contributed by atoms with E-state index in [-0.39, 0.29) is 19.2 Å². The Hall–Kier alpha value is -2.32. The van der Waals surface area contributed by atoms with Gasteiger partial charge in [0.2, 0.25) is 5.91 Å². The van der Waals surface area contributed by atoms with Gasteiger partial charge in [0.05, 0.1) is 13.0 Å². The van der Waals surface area contributed by atoms with Gasteiger partial charge in [0.1, 0.15) is 12.6 Å². The maximum Gasteiger partial charge on any atom is 0.326 e. The highest BCUT2D eigenvalue weighted by molar-refractivity contribution is 5.89. The summed E-state index contributed by atoms with van der Waals surface area (Å²) < 4.78 is 4.77. The van der Waals surface area contributed by atoms with Gasteiger partial charge in [-0.05, 0) is 19.8 Å². The van der Waals surface area contributed by atoms with Crippen LogP contribution in [0.2, 0.25) is 0 Å². The summed E-state index contributed by atoms with van der Waals surface area (Å²) >= 11 is 0. The van der Waals surface area contributed by atoms with Gasteiger partial charge in [0, 0.05) is 6.04 Å². The van der Waals surface area contributed by atoms with Crippen LogP contribution in [0, 0.1) is 0 Å². The molecule has 1 aliphatic carbocycles. The van der Waals surface area contributed by atoms with Gasteiger partial charge < -0.3 is 25.8 Å². The minimum Gasteiger partial charge on any atom is -0.480 e. The molecular weight excluding hydrogens is 282 g/mol. The molecule has 118 valence electrons. The van der Waals surface area contributed by atoms with Crippen molar-refractivity contribution in [1.82, 2.24) is 10.2 Å². The molecule has 0 aromatic heterocycles. The normalized spacial score (nSPS) is 14.9. The Morgan fingerprint density at radius 2 is 2.00 bits per heavy atom. The first-order valence-electron chi connectivity index (χ1n) is 6.59. The Morgan fingerprint density at radius 1 is 1.38 bits per heavy atom. The number of esters is 1. The number of nitrogens with one attached hydrogen (secondary N) is 1. The quantitative estimate of drug-likeness (QED) is 0.494. The molecule has 1 fully saturated rings. The van der Waals surface area contributed by atoms with Gasteiger partial charge in [0.25, 0.3) is 0 Å². The molecule has 9 heteroatoms. The van der Waals surface area contributed by atoms with Gasteiger partial charge in [-0.25, -0.2) is 9.59 Å². The summed E-state index contributed by atoms with van der Waals surface area (Å²) in [7, 11) is 0. The topological polar surface area (TPSA) is 139 Å². The maximum atomic E-state index is 12.1. The van der Waals surface area contributed by atoms with Crippen molar-refractivity contribution >= 4 is 23.9 Å². The molecule has 1 rings (SSSR count). The third-order valence-corrected chi connectivity index (χ3v) is 2.85. The fraction of sp³-hybridized carbons (Fsp3) is 0.667. The molecule has 1 aliphatic rings. The summed E-state index contributed by atoms with van der Waals surface area (Å²) in [5, 5.41) is 11.1. The van der Waals surface area contributed by atoms with E-state index in [1.54, 1.807) is 6.92 Å². The first kappa shape index (κ1) is 16.7. The van der Waals surface area contributed by atoms with Crippen LogP contribution in [0.3, 0.4) is 0 Å². The number of carboxylic acid groups (broad SMARTS) is 1. The second kappa shape index (κ2) is 7.46. The first-order chi connectivity index (χ1) is 9.85. The van der Waals surface area contributed by atoms with Gasteiger partial charge >= 0.3 is 18.0 Å². The van der Waals surface area contributed by atoms with Gasteiger partial charge in [-0.2, -0.15) is 0 Å². The minimum absolute atomic E-state index is 0.113. The van der Waals surface area contributed by atoms with Crippen molar-refractivity contribution in [1.29, 1.82) is 0 Å². The van der Waals surface area contributed by atoms with E-state index in [2.05, 4.69) is 5.32 Å². The van der Waals surface area contributed by atoms with E-state index in [1.165, 1.54) is 4.90 Å². The van der Waals surface area contributed by atoms with Crippen LogP contribution in [-0.4, -0.2) is 59.1 Å². The summed E-state index contributed by atoms with van der Waals surface area (Å²) in [5.74, 6) is -2.78. The van der Waals surface area contributed by atoms with Gasteiger partial charge in [-0.15, -0.1) is 0 Å². The molecule has 1 atom stereocenters. The summed E-state index contributed by atoms with van der Waals surface area (Å²) in [4.78, 5) is 46.5. The van der Waals surface area contributed by atoms with E-state index in [0.717, 1.165) is 12.8 Å². The third-order valence-electron chi connectivity index (χ3n) is 2.85. The van der Waals surface area contributed by atoms with Gasteiger partial charge in [-0.1, -0.05) is 0 Å². The summed E-state index contributed by atoms with van der Waals surface area (Å²) in [5.41, 5.74) is 4.93. The largest absolute Gasteiger partial charge is 0.480 e. The monoisotopic (exact) mass is 301 g/mol. The SMILES string of the molecule is CCOC(=O)CN(C(=O)N[C@H](CC(N)=O)C(=O)O)C1CC1. The molecule has 0 radical (unpaired) electrons. The van der Waals surface area contributed by atoms with Crippen LogP contribution in [0.5, 0.6) is 0 Å². The van der Waals surface area contributed by atoms with Crippen molar-refractivity contribution in [3.8, 4) is 0 Å². The number of nitrogens with zero attached hydrogens (tertiary/aromatic N) is 1.